The molecule has 0 saturated carbocycles. The lowest BCUT2D eigenvalue weighted by Gasteiger charge is -2.39. The highest BCUT2D eigenvalue weighted by Gasteiger charge is 2.39. The van der Waals surface area contributed by atoms with Gasteiger partial charge in [-0.05, 0) is 38.9 Å². The van der Waals surface area contributed by atoms with E-state index in [-0.39, 0.29) is 0 Å². The van der Waals surface area contributed by atoms with Gasteiger partial charge in [0.15, 0.2) is 0 Å². The van der Waals surface area contributed by atoms with Crippen molar-refractivity contribution in [3.8, 4) is 0 Å². The number of likely N-dealkylation sites (N-methyl/N-ethyl adjacent to an activating group) is 1. The van der Waals surface area contributed by atoms with Crippen LogP contribution in [0.3, 0.4) is 0 Å². The molecule has 3 atom stereocenters. The van der Waals surface area contributed by atoms with Gasteiger partial charge in [0.2, 0.25) is 0 Å². The van der Waals surface area contributed by atoms with E-state index in [2.05, 4.69) is 11.9 Å². The Morgan fingerprint density at radius 1 is 1.46 bits per heavy atom. The summed E-state index contributed by atoms with van der Waals surface area (Å²) in [7, 11) is 2.21. The van der Waals surface area contributed by atoms with E-state index in [4.69, 9.17) is 10.5 Å². The Bertz CT molecular complexity index is 174. The molecular weight excluding hydrogens is 164 g/mol. The van der Waals surface area contributed by atoms with Crippen LogP contribution in [0.2, 0.25) is 0 Å². The van der Waals surface area contributed by atoms with Crippen LogP contribution < -0.4 is 5.73 Å². The quantitative estimate of drug-likeness (QED) is 0.671. The number of nitrogens with zero attached hydrogens (tertiary/aromatic N) is 1. The van der Waals surface area contributed by atoms with Crippen LogP contribution >= 0.6 is 0 Å². The number of hydrogen-bond donors (Lipinski definition) is 1. The van der Waals surface area contributed by atoms with Crippen molar-refractivity contribution in [1.29, 1.82) is 0 Å². The van der Waals surface area contributed by atoms with E-state index in [1.165, 1.54) is 19.4 Å². The van der Waals surface area contributed by atoms with Crippen LogP contribution in [0, 0.1) is 11.8 Å². The fourth-order valence-electron chi connectivity index (χ4n) is 2.79. The molecule has 76 valence electrons. The lowest BCUT2D eigenvalue weighted by molar-refractivity contribution is 0.100. The molecule has 2 N–H and O–H groups in total. The summed E-state index contributed by atoms with van der Waals surface area (Å²) in [5, 5.41) is 0. The first-order chi connectivity index (χ1) is 6.33. The number of ether oxygens (including phenoxy) is 1. The summed E-state index contributed by atoms with van der Waals surface area (Å²) in [6.07, 6.45) is 2.48. The highest BCUT2D eigenvalue weighted by atomic mass is 16.5. The molecule has 0 amide bonds. The summed E-state index contributed by atoms with van der Waals surface area (Å²) in [6.45, 7) is 3.94. The van der Waals surface area contributed by atoms with Crippen LogP contribution in [-0.2, 0) is 4.74 Å². The van der Waals surface area contributed by atoms with Crippen LogP contribution in [0.15, 0.2) is 0 Å². The Kier molecular flexibility index (Phi) is 2.86. The van der Waals surface area contributed by atoms with Crippen LogP contribution in [-0.4, -0.2) is 44.3 Å². The van der Waals surface area contributed by atoms with E-state index in [0.29, 0.717) is 6.04 Å². The first-order valence-corrected chi connectivity index (χ1v) is 5.31. The van der Waals surface area contributed by atoms with Crippen LogP contribution in [0.1, 0.15) is 12.8 Å². The molecule has 0 bridgehead atoms. The normalized spacial score (nSPS) is 40.6. The maximum Gasteiger partial charge on any atom is 0.0625 e. The molecule has 0 aromatic rings. The molecule has 2 aliphatic heterocycles. The van der Waals surface area contributed by atoms with Crippen molar-refractivity contribution >= 4 is 0 Å². The molecular formula is C10H20N2O. The van der Waals surface area contributed by atoms with E-state index >= 15 is 0 Å². The number of fused-ring (bicyclic) bond motifs is 1. The van der Waals surface area contributed by atoms with E-state index in [0.717, 1.165) is 31.6 Å². The zero-order valence-corrected chi connectivity index (χ0v) is 8.41. The highest BCUT2D eigenvalue weighted by molar-refractivity contribution is 4.91. The highest BCUT2D eigenvalue weighted by Crippen LogP contribution is 2.34. The van der Waals surface area contributed by atoms with Gasteiger partial charge in [0.25, 0.3) is 0 Å². The van der Waals surface area contributed by atoms with Crippen molar-refractivity contribution in [3.63, 3.8) is 0 Å². The van der Waals surface area contributed by atoms with Gasteiger partial charge in [0, 0.05) is 12.0 Å². The molecule has 0 radical (unpaired) electrons. The lowest BCUT2D eigenvalue weighted by atomic mass is 9.80. The Morgan fingerprint density at radius 2 is 2.31 bits per heavy atom. The smallest absolute Gasteiger partial charge is 0.0625 e. The molecule has 0 spiro atoms. The van der Waals surface area contributed by atoms with Crippen molar-refractivity contribution in [1.82, 2.24) is 4.90 Å². The van der Waals surface area contributed by atoms with Crippen molar-refractivity contribution in [2.75, 3.05) is 33.4 Å². The van der Waals surface area contributed by atoms with Gasteiger partial charge in [-0.3, -0.25) is 0 Å². The summed E-state index contributed by atoms with van der Waals surface area (Å²) in [5.74, 6) is 1.57. The van der Waals surface area contributed by atoms with Gasteiger partial charge in [-0.2, -0.15) is 0 Å². The van der Waals surface area contributed by atoms with Gasteiger partial charge in [-0.1, -0.05) is 0 Å². The standard InChI is InChI=1S/C10H20N2O/c1-12-5-3-8(2-4-11)9-6-13-7-10(9)12/h8-10H,2-7,11H2,1H3. The monoisotopic (exact) mass is 184 g/mol. The molecule has 2 heterocycles. The minimum Gasteiger partial charge on any atom is -0.379 e. The number of nitrogens with two attached hydrogens (primary N) is 1. The van der Waals surface area contributed by atoms with Gasteiger partial charge in [0.1, 0.15) is 0 Å². The zero-order chi connectivity index (χ0) is 9.26. The lowest BCUT2D eigenvalue weighted by Crippen LogP contribution is -2.46. The summed E-state index contributed by atoms with van der Waals surface area (Å²) in [6, 6.07) is 0.672. The van der Waals surface area contributed by atoms with Crippen LogP contribution in [0.4, 0.5) is 0 Å². The third-order valence-electron chi connectivity index (χ3n) is 3.65. The number of piperidine rings is 1. The first-order valence-electron chi connectivity index (χ1n) is 5.31. The summed E-state index contributed by atoms with van der Waals surface area (Å²) in [5.41, 5.74) is 5.62. The van der Waals surface area contributed by atoms with Crippen molar-refractivity contribution in [3.05, 3.63) is 0 Å². The molecule has 2 rings (SSSR count). The summed E-state index contributed by atoms with van der Waals surface area (Å²) >= 11 is 0. The fraction of sp³-hybridized carbons (Fsp3) is 1.00. The van der Waals surface area contributed by atoms with E-state index in [1.807, 2.05) is 0 Å². The van der Waals surface area contributed by atoms with Gasteiger partial charge in [-0.25, -0.2) is 0 Å². The third-order valence-corrected chi connectivity index (χ3v) is 3.65. The molecule has 3 heteroatoms. The molecule has 3 nitrogen and oxygen atoms in total. The second-order valence-electron chi connectivity index (χ2n) is 4.38. The third kappa shape index (κ3) is 1.73. The SMILES string of the molecule is CN1CCC(CCN)C2COCC21. The second-order valence-corrected chi connectivity index (χ2v) is 4.38. The molecule has 3 unspecified atom stereocenters. The molecule has 0 aliphatic carbocycles. The Labute approximate surface area is 80.2 Å². The van der Waals surface area contributed by atoms with Crippen molar-refractivity contribution < 1.29 is 4.74 Å². The van der Waals surface area contributed by atoms with E-state index in [1.54, 1.807) is 0 Å². The van der Waals surface area contributed by atoms with Gasteiger partial charge in [-0.15, -0.1) is 0 Å². The average molecular weight is 184 g/mol. The molecule has 13 heavy (non-hydrogen) atoms. The van der Waals surface area contributed by atoms with E-state index < -0.39 is 0 Å². The number of rotatable bonds is 2. The van der Waals surface area contributed by atoms with Crippen molar-refractivity contribution in [2.24, 2.45) is 17.6 Å². The van der Waals surface area contributed by atoms with Crippen LogP contribution in [0.25, 0.3) is 0 Å². The summed E-state index contributed by atoms with van der Waals surface area (Å²) in [4.78, 5) is 2.45. The summed E-state index contributed by atoms with van der Waals surface area (Å²) < 4.78 is 5.56. The second kappa shape index (κ2) is 3.95. The zero-order valence-electron chi connectivity index (χ0n) is 8.41. The molecule has 2 saturated heterocycles. The Balaban J connectivity index is 1.99. The Hall–Kier alpha value is -0.120. The average Bonchev–Trinajstić information content (AvgIpc) is 2.59. The maximum atomic E-state index is 5.62. The van der Waals surface area contributed by atoms with Gasteiger partial charge >= 0.3 is 0 Å². The van der Waals surface area contributed by atoms with Crippen molar-refractivity contribution in [2.45, 2.75) is 18.9 Å². The minimum atomic E-state index is 0.672. The van der Waals surface area contributed by atoms with Gasteiger partial charge < -0.3 is 15.4 Å². The Morgan fingerprint density at radius 3 is 3.08 bits per heavy atom. The topological polar surface area (TPSA) is 38.5 Å². The maximum absolute atomic E-state index is 5.62. The number of hydrogen-bond acceptors (Lipinski definition) is 3. The molecule has 2 fully saturated rings. The first kappa shape index (κ1) is 9.44. The molecule has 2 aliphatic rings. The van der Waals surface area contributed by atoms with E-state index in [9.17, 15) is 0 Å². The predicted molar refractivity (Wildman–Crippen MR) is 52.5 cm³/mol. The molecule has 0 aromatic heterocycles. The van der Waals surface area contributed by atoms with Gasteiger partial charge in [0.05, 0.1) is 13.2 Å². The fourth-order valence-corrected chi connectivity index (χ4v) is 2.79. The van der Waals surface area contributed by atoms with Crippen LogP contribution in [0.5, 0.6) is 0 Å². The number of likely N-dealkylation sites (tertiary alicyclic amines) is 1. The molecule has 0 aromatic carbocycles. The minimum absolute atomic E-state index is 0.672. The predicted octanol–water partition coefficient (Wildman–Crippen LogP) is 0.302. The largest absolute Gasteiger partial charge is 0.379 e.